The van der Waals surface area contributed by atoms with Crippen LogP contribution in [0.2, 0.25) is 0 Å². The molecule has 1 fully saturated rings. The number of nitrogens with one attached hydrogen (secondary N) is 1. The van der Waals surface area contributed by atoms with Crippen LogP contribution in [-0.4, -0.2) is 22.0 Å². The molecule has 3 rings (SSSR count). The van der Waals surface area contributed by atoms with Gasteiger partial charge in [-0.05, 0) is 37.1 Å². The molecule has 0 radical (unpaired) electrons. The minimum atomic E-state index is 0.572. The normalized spacial score (nSPS) is 20.4. The van der Waals surface area contributed by atoms with Crippen molar-refractivity contribution in [2.24, 2.45) is 5.73 Å². The third-order valence-corrected chi connectivity index (χ3v) is 3.68. The van der Waals surface area contributed by atoms with Gasteiger partial charge in [0.1, 0.15) is 5.65 Å². The quantitative estimate of drug-likeness (QED) is 0.860. The molecular weight excluding hydrogens is 224 g/mol. The first-order valence-corrected chi connectivity index (χ1v) is 6.75. The number of hydrogen-bond donors (Lipinski definition) is 2. The van der Waals surface area contributed by atoms with Gasteiger partial charge in [-0.15, -0.1) is 0 Å². The maximum Gasteiger partial charge on any atom is 0.137 e. The van der Waals surface area contributed by atoms with Gasteiger partial charge in [0.2, 0.25) is 0 Å². The van der Waals surface area contributed by atoms with E-state index in [1.165, 1.54) is 25.0 Å². The summed E-state index contributed by atoms with van der Waals surface area (Å²) in [6.07, 6.45) is 9.11. The number of fused-ring (bicyclic) bond motifs is 1. The monoisotopic (exact) mass is 244 g/mol. The Morgan fingerprint density at radius 1 is 1.44 bits per heavy atom. The summed E-state index contributed by atoms with van der Waals surface area (Å²) in [6.45, 7) is 1.72. The van der Waals surface area contributed by atoms with Crippen LogP contribution in [-0.2, 0) is 13.0 Å². The van der Waals surface area contributed by atoms with E-state index in [-0.39, 0.29) is 0 Å². The minimum Gasteiger partial charge on any atom is -0.326 e. The summed E-state index contributed by atoms with van der Waals surface area (Å²) in [5.74, 6) is 0. The molecule has 2 aromatic rings. The standard InChI is InChI=1S/C14H20N4/c15-9-11-4-6-18-10-13(17-14(18)7-11)8-12-3-1-2-5-16-12/h4,6-7,10,12,16H,1-3,5,8-9,15H2. The van der Waals surface area contributed by atoms with Gasteiger partial charge in [0, 0.05) is 31.4 Å². The van der Waals surface area contributed by atoms with E-state index in [2.05, 4.69) is 33.0 Å². The highest BCUT2D eigenvalue weighted by Crippen LogP contribution is 2.14. The molecule has 3 N–H and O–H groups in total. The summed E-state index contributed by atoms with van der Waals surface area (Å²) in [4.78, 5) is 4.68. The molecule has 4 nitrogen and oxygen atoms in total. The predicted octanol–water partition coefficient (Wildman–Crippen LogP) is 1.48. The molecule has 0 amide bonds. The molecule has 0 aliphatic carbocycles. The highest BCUT2D eigenvalue weighted by molar-refractivity contribution is 5.43. The van der Waals surface area contributed by atoms with E-state index >= 15 is 0 Å². The van der Waals surface area contributed by atoms with Crippen LogP contribution in [0.4, 0.5) is 0 Å². The number of piperidine rings is 1. The fraction of sp³-hybridized carbons (Fsp3) is 0.500. The molecule has 1 aliphatic heterocycles. The Bertz CT molecular complexity index is 526. The van der Waals surface area contributed by atoms with Crippen molar-refractivity contribution < 1.29 is 0 Å². The zero-order valence-corrected chi connectivity index (χ0v) is 10.6. The van der Waals surface area contributed by atoms with Gasteiger partial charge in [-0.25, -0.2) is 4.98 Å². The lowest BCUT2D eigenvalue weighted by Crippen LogP contribution is -2.35. The minimum absolute atomic E-state index is 0.572. The summed E-state index contributed by atoms with van der Waals surface area (Å²) < 4.78 is 2.08. The number of pyridine rings is 1. The lowest BCUT2D eigenvalue weighted by atomic mass is 10.0. The van der Waals surface area contributed by atoms with Crippen molar-refractivity contribution in [1.29, 1.82) is 0 Å². The Labute approximate surface area is 107 Å². The van der Waals surface area contributed by atoms with Gasteiger partial charge in [-0.1, -0.05) is 6.42 Å². The topological polar surface area (TPSA) is 55.4 Å². The summed E-state index contributed by atoms with van der Waals surface area (Å²) in [6, 6.07) is 4.72. The fourth-order valence-corrected chi connectivity index (χ4v) is 2.65. The third kappa shape index (κ3) is 2.40. The van der Waals surface area contributed by atoms with Crippen molar-refractivity contribution in [3.05, 3.63) is 35.8 Å². The Kier molecular flexibility index (Phi) is 3.30. The number of nitrogens with two attached hydrogens (primary N) is 1. The third-order valence-electron chi connectivity index (χ3n) is 3.68. The van der Waals surface area contributed by atoms with Gasteiger partial charge < -0.3 is 15.5 Å². The maximum absolute atomic E-state index is 5.65. The number of rotatable bonds is 3. The van der Waals surface area contributed by atoms with Gasteiger partial charge in [-0.2, -0.15) is 0 Å². The highest BCUT2D eigenvalue weighted by atomic mass is 15.0. The van der Waals surface area contributed by atoms with E-state index < -0.39 is 0 Å². The lowest BCUT2D eigenvalue weighted by molar-refractivity contribution is 0.397. The molecule has 3 heterocycles. The Balaban J connectivity index is 1.79. The molecule has 0 spiro atoms. The molecule has 4 heteroatoms. The number of aromatic nitrogens is 2. The molecule has 1 atom stereocenters. The summed E-state index contributed by atoms with van der Waals surface area (Å²) >= 11 is 0. The van der Waals surface area contributed by atoms with E-state index in [0.717, 1.165) is 24.2 Å². The van der Waals surface area contributed by atoms with Crippen LogP contribution in [0.15, 0.2) is 24.5 Å². The van der Waals surface area contributed by atoms with E-state index in [0.29, 0.717) is 12.6 Å². The zero-order valence-electron chi connectivity index (χ0n) is 10.6. The van der Waals surface area contributed by atoms with E-state index in [1.54, 1.807) is 0 Å². The van der Waals surface area contributed by atoms with E-state index in [1.807, 2.05) is 6.20 Å². The average Bonchev–Trinajstić information content (AvgIpc) is 2.80. The molecular formula is C14H20N4. The summed E-state index contributed by atoms with van der Waals surface area (Å²) in [5, 5.41) is 3.57. The van der Waals surface area contributed by atoms with Gasteiger partial charge >= 0.3 is 0 Å². The molecule has 0 saturated carbocycles. The van der Waals surface area contributed by atoms with Crippen LogP contribution in [0.3, 0.4) is 0 Å². The van der Waals surface area contributed by atoms with Crippen LogP contribution in [0.5, 0.6) is 0 Å². The Hall–Kier alpha value is -1.39. The first-order chi connectivity index (χ1) is 8.85. The van der Waals surface area contributed by atoms with Crippen molar-refractivity contribution in [1.82, 2.24) is 14.7 Å². The fourth-order valence-electron chi connectivity index (χ4n) is 2.65. The van der Waals surface area contributed by atoms with Gasteiger partial charge in [-0.3, -0.25) is 0 Å². The lowest BCUT2D eigenvalue weighted by Gasteiger charge is -2.22. The molecule has 2 aromatic heterocycles. The van der Waals surface area contributed by atoms with Crippen LogP contribution >= 0.6 is 0 Å². The molecule has 1 unspecified atom stereocenters. The number of hydrogen-bond acceptors (Lipinski definition) is 3. The van der Waals surface area contributed by atoms with Crippen LogP contribution < -0.4 is 11.1 Å². The summed E-state index contributed by atoms with van der Waals surface area (Å²) in [7, 11) is 0. The second-order valence-corrected chi connectivity index (χ2v) is 5.09. The smallest absolute Gasteiger partial charge is 0.137 e. The second kappa shape index (κ2) is 5.08. The maximum atomic E-state index is 5.65. The number of imidazole rings is 1. The summed E-state index contributed by atoms with van der Waals surface area (Å²) in [5.41, 5.74) is 8.96. The average molecular weight is 244 g/mol. The largest absolute Gasteiger partial charge is 0.326 e. The van der Waals surface area contributed by atoms with Crippen LogP contribution in [0, 0.1) is 0 Å². The first-order valence-electron chi connectivity index (χ1n) is 6.75. The van der Waals surface area contributed by atoms with Crippen molar-refractivity contribution in [2.45, 2.75) is 38.3 Å². The van der Waals surface area contributed by atoms with Gasteiger partial charge in [0.05, 0.1) is 5.69 Å². The van der Waals surface area contributed by atoms with Crippen molar-refractivity contribution in [3.63, 3.8) is 0 Å². The van der Waals surface area contributed by atoms with Crippen LogP contribution in [0.25, 0.3) is 5.65 Å². The Morgan fingerprint density at radius 3 is 3.17 bits per heavy atom. The van der Waals surface area contributed by atoms with Crippen molar-refractivity contribution in [2.75, 3.05) is 6.54 Å². The van der Waals surface area contributed by atoms with Crippen molar-refractivity contribution in [3.8, 4) is 0 Å². The molecule has 18 heavy (non-hydrogen) atoms. The molecule has 0 aromatic carbocycles. The second-order valence-electron chi connectivity index (χ2n) is 5.09. The van der Waals surface area contributed by atoms with E-state index in [4.69, 9.17) is 5.73 Å². The van der Waals surface area contributed by atoms with Gasteiger partial charge in [0.25, 0.3) is 0 Å². The molecule has 1 saturated heterocycles. The van der Waals surface area contributed by atoms with Crippen LogP contribution in [0.1, 0.15) is 30.5 Å². The predicted molar refractivity (Wildman–Crippen MR) is 72.4 cm³/mol. The molecule has 96 valence electrons. The molecule has 1 aliphatic rings. The van der Waals surface area contributed by atoms with Gasteiger partial charge in [0.15, 0.2) is 0 Å². The highest BCUT2D eigenvalue weighted by Gasteiger charge is 2.14. The zero-order chi connectivity index (χ0) is 12.4. The molecule has 0 bridgehead atoms. The Morgan fingerprint density at radius 2 is 2.39 bits per heavy atom. The van der Waals surface area contributed by atoms with E-state index in [9.17, 15) is 0 Å². The first kappa shape index (κ1) is 11.7. The van der Waals surface area contributed by atoms with Crippen molar-refractivity contribution >= 4 is 5.65 Å². The SMILES string of the molecule is NCc1ccn2cc(CC3CCCCN3)nc2c1. The number of nitrogens with zero attached hydrogens (tertiary/aromatic N) is 2.